The van der Waals surface area contributed by atoms with Gasteiger partial charge in [-0.25, -0.2) is 9.97 Å². The van der Waals surface area contributed by atoms with E-state index in [0.29, 0.717) is 17.1 Å². The lowest BCUT2D eigenvalue weighted by Gasteiger charge is -2.20. The first kappa shape index (κ1) is 18.4. The number of likely N-dealkylation sites (tertiary alicyclic amines) is 1. The summed E-state index contributed by atoms with van der Waals surface area (Å²) in [5.74, 6) is 0.473. The molecule has 0 atom stereocenters. The Morgan fingerprint density at radius 1 is 1.14 bits per heavy atom. The van der Waals surface area contributed by atoms with E-state index in [0.717, 1.165) is 48.4 Å². The van der Waals surface area contributed by atoms with E-state index in [1.54, 1.807) is 6.20 Å². The maximum Gasteiger partial charge on any atom is 0.257 e. The fraction of sp³-hybridized carbons (Fsp3) is 0.348. The number of carbonyl (C=O) groups excluding carboxylic acids is 1. The third kappa shape index (κ3) is 3.57. The Bertz CT molecular complexity index is 1020. The summed E-state index contributed by atoms with van der Waals surface area (Å²) in [6.45, 7) is 7.92. The Morgan fingerprint density at radius 3 is 2.68 bits per heavy atom. The predicted molar refractivity (Wildman–Crippen MR) is 113 cm³/mol. The third-order valence-corrected chi connectivity index (χ3v) is 5.32. The van der Waals surface area contributed by atoms with Crippen molar-refractivity contribution in [1.82, 2.24) is 14.9 Å². The maximum absolute atomic E-state index is 13.2. The molecule has 2 aromatic heterocycles. The molecule has 0 spiro atoms. The number of fused-ring (bicyclic) bond motifs is 1. The van der Waals surface area contributed by atoms with Gasteiger partial charge in [-0.05, 0) is 55.5 Å². The van der Waals surface area contributed by atoms with Crippen molar-refractivity contribution in [3.63, 3.8) is 0 Å². The van der Waals surface area contributed by atoms with Crippen LogP contribution in [0.1, 0.15) is 54.2 Å². The molecule has 1 saturated heterocycles. The smallest absolute Gasteiger partial charge is 0.257 e. The van der Waals surface area contributed by atoms with Crippen molar-refractivity contribution in [3.05, 3.63) is 59.4 Å². The van der Waals surface area contributed by atoms with Crippen LogP contribution in [0.2, 0.25) is 0 Å². The van der Waals surface area contributed by atoms with E-state index in [9.17, 15) is 4.79 Å². The van der Waals surface area contributed by atoms with Crippen LogP contribution in [0.4, 0.5) is 11.4 Å². The van der Waals surface area contributed by atoms with Gasteiger partial charge in [-0.2, -0.15) is 0 Å². The summed E-state index contributed by atoms with van der Waals surface area (Å²) in [4.78, 5) is 24.1. The molecule has 0 radical (unpaired) electrons. The van der Waals surface area contributed by atoms with E-state index in [1.165, 1.54) is 5.56 Å². The Labute approximate surface area is 165 Å². The van der Waals surface area contributed by atoms with E-state index in [2.05, 4.69) is 41.3 Å². The molecule has 5 heteroatoms. The molecule has 1 aliphatic rings. The fourth-order valence-electron chi connectivity index (χ4n) is 3.68. The van der Waals surface area contributed by atoms with Crippen molar-refractivity contribution in [2.24, 2.45) is 0 Å². The number of hydrogen-bond acceptors (Lipinski definition) is 4. The molecule has 0 unspecified atom stereocenters. The molecule has 1 amide bonds. The van der Waals surface area contributed by atoms with E-state index in [1.807, 2.05) is 36.1 Å². The second kappa shape index (κ2) is 7.58. The maximum atomic E-state index is 13.2. The summed E-state index contributed by atoms with van der Waals surface area (Å²) in [6.07, 6.45) is 3.80. The van der Waals surface area contributed by atoms with Gasteiger partial charge in [0.1, 0.15) is 0 Å². The average molecular weight is 374 g/mol. The summed E-state index contributed by atoms with van der Waals surface area (Å²) in [5, 5.41) is 4.37. The van der Waals surface area contributed by atoms with Gasteiger partial charge < -0.3 is 10.2 Å². The van der Waals surface area contributed by atoms with Crippen LogP contribution in [0, 0.1) is 6.92 Å². The number of pyridine rings is 2. The van der Waals surface area contributed by atoms with Gasteiger partial charge in [-0.15, -0.1) is 0 Å². The normalized spacial score (nSPS) is 14.1. The minimum atomic E-state index is 0.0370. The Hall–Kier alpha value is -2.95. The van der Waals surface area contributed by atoms with Gasteiger partial charge in [0, 0.05) is 36.1 Å². The molecule has 1 aromatic carbocycles. The van der Waals surface area contributed by atoms with Gasteiger partial charge >= 0.3 is 0 Å². The summed E-state index contributed by atoms with van der Waals surface area (Å²) in [7, 11) is 0. The van der Waals surface area contributed by atoms with Crippen LogP contribution in [-0.2, 0) is 0 Å². The molecule has 28 heavy (non-hydrogen) atoms. The van der Waals surface area contributed by atoms with Gasteiger partial charge in [0.05, 0.1) is 11.3 Å². The number of benzene rings is 1. The van der Waals surface area contributed by atoms with Crippen molar-refractivity contribution < 1.29 is 4.79 Å². The van der Waals surface area contributed by atoms with Gasteiger partial charge in [0.2, 0.25) is 0 Å². The highest BCUT2D eigenvalue weighted by atomic mass is 16.2. The van der Waals surface area contributed by atoms with E-state index in [4.69, 9.17) is 0 Å². The zero-order valence-corrected chi connectivity index (χ0v) is 16.7. The zero-order chi connectivity index (χ0) is 19.7. The van der Waals surface area contributed by atoms with Crippen molar-refractivity contribution in [2.45, 2.75) is 39.5 Å². The lowest BCUT2D eigenvalue weighted by molar-refractivity contribution is 0.0793. The first-order chi connectivity index (χ1) is 13.5. The first-order valence-electron chi connectivity index (χ1n) is 9.95. The quantitative estimate of drug-likeness (QED) is 0.695. The highest BCUT2D eigenvalue weighted by Gasteiger charge is 2.24. The Balaban J connectivity index is 1.82. The molecule has 0 aliphatic carbocycles. The Kier molecular flexibility index (Phi) is 4.99. The lowest BCUT2D eigenvalue weighted by Crippen LogP contribution is -2.28. The molecule has 3 heterocycles. The second-order valence-corrected chi connectivity index (χ2v) is 7.78. The highest BCUT2D eigenvalue weighted by Crippen LogP contribution is 2.31. The Morgan fingerprint density at radius 2 is 1.93 bits per heavy atom. The number of nitrogens with zero attached hydrogens (tertiary/aromatic N) is 3. The van der Waals surface area contributed by atoms with Crippen molar-refractivity contribution >= 4 is 28.3 Å². The minimum absolute atomic E-state index is 0.0370. The fourth-order valence-corrected chi connectivity index (χ4v) is 3.68. The van der Waals surface area contributed by atoms with E-state index >= 15 is 0 Å². The number of rotatable bonds is 4. The number of anilines is 2. The topological polar surface area (TPSA) is 58.1 Å². The van der Waals surface area contributed by atoms with Crippen LogP contribution in [0.5, 0.6) is 0 Å². The van der Waals surface area contributed by atoms with Crippen LogP contribution in [0.15, 0.2) is 42.6 Å². The van der Waals surface area contributed by atoms with Crippen molar-refractivity contribution in [3.8, 4) is 0 Å². The molecular formula is C23H26N4O. The SMILES string of the molecule is Cc1ccc2c(Nc3cccc(C(C)C)c3)c(C(=O)N3CCCC3)cnc2n1. The number of hydrogen-bond donors (Lipinski definition) is 1. The summed E-state index contributed by atoms with van der Waals surface area (Å²) in [5.41, 5.74) is 5.18. The zero-order valence-electron chi connectivity index (χ0n) is 16.7. The van der Waals surface area contributed by atoms with Crippen LogP contribution in [0.25, 0.3) is 11.0 Å². The minimum Gasteiger partial charge on any atom is -0.354 e. The standard InChI is InChI=1S/C23H26N4O/c1-15(2)17-7-6-8-18(13-17)26-21-19-10-9-16(3)25-22(19)24-14-20(21)23(28)27-11-4-5-12-27/h6-10,13-15H,4-5,11-12H2,1-3H3,(H,24,25,26). The van der Waals surface area contributed by atoms with Gasteiger partial charge in [-0.1, -0.05) is 26.0 Å². The van der Waals surface area contributed by atoms with Gasteiger partial charge in [-0.3, -0.25) is 4.79 Å². The molecule has 0 saturated carbocycles. The van der Waals surface area contributed by atoms with Crippen molar-refractivity contribution in [2.75, 3.05) is 18.4 Å². The van der Waals surface area contributed by atoms with Gasteiger partial charge in [0.15, 0.2) is 5.65 Å². The monoisotopic (exact) mass is 374 g/mol. The number of nitrogens with one attached hydrogen (secondary N) is 1. The summed E-state index contributed by atoms with van der Waals surface area (Å²) in [6, 6.07) is 12.3. The molecule has 1 N–H and O–H groups in total. The molecular weight excluding hydrogens is 348 g/mol. The molecule has 144 valence electrons. The van der Waals surface area contributed by atoms with E-state index < -0.39 is 0 Å². The van der Waals surface area contributed by atoms with Crippen LogP contribution in [-0.4, -0.2) is 33.9 Å². The molecule has 1 aliphatic heterocycles. The third-order valence-electron chi connectivity index (χ3n) is 5.32. The van der Waals surface area contributed by atoms with Crippen LogP contribution in [0.3, 0.4) is 0 Å². The molecule has 3 aromatic rings. The van der Waals surface area contributed by atoms with Crippen molar-refractivity contribution in [1.29, 1.82) is 0 Å². The predicted octanol–water partition coefficient (Wildman–Crippen LogP) is 5.04. The van der Waals surface area contributed by atoms with Gasteiger partial charge in [0.25, 0.3) is 5.91 Å². The molecule has 5 nitrogen and oxygen atoms in total. The first-order valence-corrected chi connectivity index (χ1v) is 9.95. The highest BCUT2D eigenvalue weighted by molar-refractivity contribution is 6.07. The molecule has 4 rings (SSSR count). The number of aryl methyl sites for hydroxylation is 1. The lowest BCUT2D eigenvalue weighted by atomic mass is 10.0. The number of amides is 1. The van der Waals surface area contributed by atoms with Crippen LogP contribution >= 0.6 is 0 Å². The molecule has 1 fully saturated rings. The average Bonchev–Trinajstić information content (AvgIpc) is 3.22. The van der Waals surface area contributed by atoms with E-state index in [-0.39, 0.29) is 5.91 Å². The second-order valence-electron chi connectivity index (χ2n) is 7.78. The summed E-state index contributed by atoms with van der Waals surface area (Å²) >= 11 is 0. The summed E-state index contributed by atoms with van der Waals surface area (Å²) < 4.78 is 0. The number of aromatic nitrogens is 2. The number of carbonyl (C=O) groups is 1. The molecule has 0 bridgehead atoms. The van der Waals surface area contributed by atoms with Crippen LogP contribution < -0.4 is 5.32 Å². The largest absolute Gasteiger partial charge is 0.354 e.